The first-order chi connectivity index (χ1) is 9.66. The molecular weight excluding hydrogens is 240 g/mol. The van der Waals surface area contributed by atoms with E-state index < -0.39 is 0 Å². The van der Waals surface area contributed by atoms with Crippen LogP contribution >= 0.6 is 0 Å². The van der Waals surface area contributed by atoms with E-state index in [0.29, 0.717) is 0 Å². The highest BCUT2D eigenvalue weighted by molar-refractivity contribution is 6.13. The topological polar surface area (TPSA) is 0 Å². The van der Waals surface area contributed by atoms with Crippen LogP contribution in [-0.2, 0) is 6.42 Å². The minimum atomic E-state index is 0.248. The van der Waals surface area contributed by atoms with Gasteiger partial charge in [0.25, 0.3) is 0 Å². The van der Waals surface area contributed by atoms with E-state index in [2.05, 4.69) is 74.5 Å². The van der Waals surface area contributed by atoms with E-state index in [-0.39, 0.29) is 5.41 Å². The largest absolute Gasteiger partial charge is 0.0779 e. The van der Waals surface area contributed by atoms with Crippen molar-refractivity contribution in [3.05, 3.63) is 65.7 Å². The maximum Gasteiger partial charge on any atom is -0.00992 e. The predicted octanol–water partition coefficient (Wildman–Crippen LogP) is 5.59. The molecule has 0 unspecified atom stereocenters. The summed E-state index contributed by atoms with van der Waals surface area (Å²) in [7, 11) is 0. The summed E-state index contributed by atoms with van der Waals surface area (Å²) in [5.74, 6) is 0. The second-order valence-electron chi connectivity index (χ2n) is 6.48. The maximum atomic E-state index is 2.36. The quantitative estimate of drug-likeness (QED) is 0.461. The summed E-state index contributed by atoms with van der Waals surface area (Å²) in [6.45, 7) is 4.63. The molecule has 0 bridgehead atoms. The Hall–Kier alpha value is -2.08. The molecule has 1 aliphatic carbocycles. The molecule has 0 nitrogen and oxygen atoms in total. The predicted molar refractivity (Wildman–Crippen MR) is 88.0 cm³/mol. The lowest BCUT2D eigenvalue weighted by Crippen LogP contribution is -2.16. The van der Waals surface area contributed by atoms with Crippen LogP contribution in [0.4, 0.5) is 0 Å². The van der Waals surface area contributed by atoms with Crippen LogP contribution in [0.25, 0.3) is 27.6 Å². The molecule has 0 saturated heterocycles. The van der Waals surface area contributed by atoms with Crippen molar-refractivity contribution in [2.45, 2.75) is 20.3 Å². The molecule has 0 amide bonds. The van der Waals surface area contributed by atoms with Gasteiger partial charge >= 0.3 is 0 Å². The molecule has 0 N–H and O–H groups in total. The molecule has 0 fully saturated rings. The third-order valence-electron chi connectivity index (χ3n) is 4.42. The fourth-order valence-corrected chi connectivity index (χ4v) is 3.45. The lowest BCUT2D eigenvalue weighted by Gasteiger charge is -2.28. The lowest BCUT2D eigenvalue weighted by molar-refractivity contribution is 0.477. The zero-order valence-electron chi connectivity index (χ0n) is 12.0. The summed E-state index contributed by atoms with van der Waals surface area (Å²) in [5.41, 5.74) is 3.17. The second kappa shape index (κ2) is 3.96. The van der Waals surface area contributed by atoms with Gasteiger partial charge in [-0.25, -0.2) is 0 Å². The van der Waals surface area contributed by atoms with Crippen LogP contribution in [0.1, 0.15) is 25.0 Å². The molecule has 0 heteroatoms. The maximum absolute atomic E-state index is 2.36. The van der Waals surface area contributed by atoms with Crippen molar-refractivity contribution < 1.29 is 0 Å². The molecule has 4 rings (SSSR count). The molecule has 98 valence electrons. The van der Waals surface area contributed by atoms with E-state index in [0.717, 1.165) is 6.42 Å². The summed E-state index contributed by atoms with van der Waals surface area (Å²) in [5, 5.41) is 5.55. The molecular formula is C20H18. The van der Waals surface area contributed by atoms with Gasteiger partial charge in [0, 0.05) is 0 Å². The summed E-state index contributed by atoms with van der Waals surface area (Å²) < 4.78 is 0. The molecule has 1 aliphatic rings. The number of hydrogen-bond donors (Lipinski definition) is 0. The number of allylic oxidation sites excluding steroid dienone is 1. The zero-order chi connectivity index (χ0) is 13.7. The molecule has 0 aromatic heterocycles. The van der Waals surface area contributed by atoms with Crippen molar-refractivity contribution in [3.63, 3.8) is 0 Å². The second-order valence-corrected chi connectivity index (χ2v) is 6.48. The Bertz CT molecular complexity index is 850. The van der Waals surface area contributed by atoms with Gasteiger partial charge in [-0.2, -0.15) is 0 Å². The first-order valence-electron chi connectivity index (χ1n) is 7.27. The van der Waals surface area contributed by atoms with Crippen LogP contribution in [0.3, 0.4) is 0 Å². The Morgan fingerprint density at radius 1 is 0.750 bits per heavy atom. The van der Waals surface area contributed by atoms with E-state index >= 15 is 0 Å². The van der Waals surface area contributed by atoms with Crippen molar-refractivity contribution in [2.24, 2.45) is 5.41 Å². The first kappa shape index (κ1) is 11.7. The fraction of sp³-hybridized carbons (Fsp3) is 0.200. The average Bonchev–Trinajstić information content (AvgIpc) is 2.46. The molecule has 3 aromatic carbocycles. The Balaban J connectivity index is 2.24. The van der Waals surface area contributed by atoms with E-state index in [1.165, 1.54) is 32.7 Å². The van der Waals surface area contributed by atoms with Gasteiger partial charge < -0.3 is 0 Å². The van der Waals surface area contributed by atoms with Crippen molar-refractivity contribution in [2.75, 3.05) is 0 Å². The van der Waals surface area contributed by atoms with Crippen molar-refractivity contribution in [1.29, 1.82) is 0 Å². The van der Waals surface area contributed by atoms with Crippen LogP contribution in [-0.4, -0.2) is 0 Å². The standard InChI is InChI=1S/C20H18/c1-20(2)12-11-18-16-9-4-3-7-14(16)15-8-5-6-10-17(15)19(18)13-20/h3-12H,13H2,1-2H3. The lowest BCUT2D eigenvalue weighted by atomic mass is 9.76. The van der Waals surface area contributed by atoms with Crippen LogP contribution in [0.15, 0.2) is 54.6 Å². The van der Waals surface area contributed by atoms with Crippen molar-refractivity contribution >= 4 is 27.6 Å². The number of benzene rings is 3. The van der Waals surface area contributed by atoms with Crippen molar-refractivity contribution in [1.82, 2.24) is 0 Å². The molecule has 0 atom stereocenters. The van der Waals surface area contributed by atoms with Gasteiger partial charge in [0.15, 0.2) is 0 Å². The molecule has 0 radical (unpaired) electrons. The molecule has 0 spiro atoms. The van der Waals surface area contributed by atoms with Crippen LogP contribution < -0.4 is 0 Å². The van der Waals surface area contributed by atoms with Gasteiger partial charge in [-0.3, -0.25) is 0 Å². The SMILES string of the molecule is CC1(C)C=Cc2c(c3ccccc3c3ccccc23)C1. The molecule has 0 aliphatic heterocycles. The summed E-state index contributed by atoms with van der Waals surface area (Å²) in [4.78, 5) is 0. The molecule has 20 heavy (non-hydrogen) atoms. The van der Waals surface area contributed by atoms with Gasteiger partial charge in [-0.15, -0.1) is 0 Å². The highest BCUT2D eigenvalue weighted by atomic mass is 14.3. The Labute approximate surface area is 119 Å². The van der Waals surface area contributed by atoms with Gasteiger partial charge in [0.05, 0.1) is 0 Å². The van der Waals surface area contributed by atoms with Gasteiger partial charge in [-0.1, -0.05) is 74.5 Å². The van der Waals surface area contributed by atoms with Crippen LogP contribution in [0, 0.1) is 5.41 Å². The van der Waals surface area contributed by atoms with E-state index in [4.69, 9.17) is 0 Å². The minimum Gasteiger partial charge on any atom is -0.0779 e. The Morgan fingerprint density at radius 2 is 1.30 bits per heavy atom. The van der Waals surface area contributed by atoms with E-state index in [1.54, 1.807) is 0 Å². The monoisotopic (exact) mass is 258 g/mol. The van der Waals surface area contributed by atoms with Gasteiger partial charge in [0.2, 0.25) is 0 Å². The zero-order valence-corrected chi connectivity index (χ0v) is 12.0. The number of hydrogen-bond acceptors (Lipinski definition) is 0. The third-order valence-corrected chi connectivity index (χ3v) is 4.42. The number of fused-ring (bicyclic) bond motifs is 6. The highest BCUT2D eigenvalue weighted by Gasteiger charge is 2.23. The van der Waals surface area contributed by atoms with E-state index in [9.17, 15) is 0 Å². The van der Waals surface area contributed by atoms with Gasteiger partial charge in [0.1, 0.15) is 0 Å². The summed E-state index contributed by atoms with van der Waals surface area (Å²) in [6, 6.07) is 17.6. The smallest absolute Gasteiger partial charge is 0.00992 e. The molecule has 0 saturated carbocycles. The summed E-state index contributed by atoms with van der Waals surface area (Å²) in [6.07, 6.45) is 5.80. The average molecular weight is 258 g/mol. The molecule has 0 heterocycles. The van der Waals surface area contributed by atoms with Crippen molar-refractivity contribution in [3.8, 4) is 0 Å². The minimum absolute atomic E-state index is 0.248. The van der Waals surface area contributed by atoms with Gasteiger partial charge in [-0.05, 0) is 44.5 Å². The van der Waals surface area contributed by atoms with E-state index in [1.807, 2.05) is 0 Å². The normalized spacial score (nSPS) is 16.5. The van der Waals surface area contributed by atoms with Crippen LogP contribution in [0.5, 0.6) is 0 Å². The van der Waals surface area contributed by atoms with Crippen LogP contribution in [0.2, 0.25) is 0 Å². The first-order valence-corrected chi connectivity index (χ1v) is 7.27. The highest BCUT2D eigenvalue weighted by Crippen LogP contribution is 2.40. The molecule has 3 aromatic rings. The summed E-state index contributed by atoms with van der Waals surface area (Å²) >= 11 is 0. The Morgan fingerprint density at radius 3 is 2.00 bits per heavy atom. The number of rotatable bonds is 0. The fourth-order valence-electron chi connectivity index (χ4n) is 3.45. The third kappa shape index (κ3) is 1.61. The Kier molecular flexibility index (Phi) is 2.32.